The molecule has 1 amide bonds. The van der Waals surface area contributed by atoms with Crippen LogP contribution < -0.4 is 15.4 Å². The van der Waals surface area contributed by atoms with Crippen LogP contribution in [-0.4, -0.2) is 24.7 Å². The molecule has 0 spiro atoms. The van der Waals surface area contributed by atoms with Crippen LogP contribution in [0.2, 0.25) is 0 Å². The SMILES string of the molecule is C=C/C=C(\C=C)C(N1C(=O)COc2cc(N)ccc21)C(F)(F)F. The van der Waals surface area contributed by atoms with Crippen LogP contribution in [0, 0.1) is 0 Å². The van der Waals surface area contributed by atoms with Crippen LogP contribution >= 0.6 is 0 Å². The van der Waals surface area contributed by atoms with E-state index in [0.29, 0.717) is 10.6 Å². The Balaban J connectivity index is 2.63. The number of alkyl halides is 3. The molecule has 122 valence electrons. The number of nitrogens with zero attached hydrogens (tertiary/aromatic N) is 1. The minimum Gasteiger partial charge on any atom is -0.481 e. The smallest absolute Gasteiger partial charge is 0.413 e. The third-order valence-electron chi connectivity index (χ3n) is 3.29. The predicted octanol–water partition coefficient (Wildman–Crippen LogP) is 3.22. The van der Waals surface area contributed by atoms with Gasteiger partial charge in [0.15, 0.2) is 12.6 Å². The molecule has 1 heterocycles. The van der Waals surface area contributed by atoms with Gasteiger partial charge in [0.1, 0.15) is 5.75 Å². The van der Waals surface area contributed by atoms with Crippen molar-refractivity contribution in [2.75, 3.05) is 17.2 Å². The molecule has 0 saturated carbocycles. The highest BCUT2D eigenvalue weighted by atomic mass is 19.4. The van der Waals surface area contributed by atoms with Crippen LogP contribution in [0.25, 0.3) is 0 Å². The maximum atomic E-state index is 13.6. The van der Waals surface area contributed by atoms with Crippen LogP contribution in [-0.2, 0) is 4.79 Å². The number of fused-ring (bicyclic) bond motifs is 1. The maximum absolute atomic E-state index is 13.6. The van der Waals surface area contributed by atoms with Crippen LogP contribution in [0.3, 0.4) is 0 Å². The highest BCUT2D eigenvalue weighted by Crippen LogP contribution is 2.40. The lowest BCUT2D eigenvalue weighted by atomic mass is 10.0. The van der Waals surface area contributed by atoms with E-state index in [2.05, 4.69) is 13.2 Å². The van der Waals surface area contributed by atoms with Crippen molar-refractivity contribution in [1.29, 1.82) is 0 Å². The lowest BCUT2D eigenvalue weighted by molar-refractivity contribution is -0.148. The summed E-state index contributed by atoms with van der Waals surface area (Å²) in [5.74, 6) is -0.678. The molecular weight excluding hydrogens is 309 g/mol. The van der Waals surface area contributed by atoms with E-state index in [9.17, 15) is 18.0 Å². The zero-order valence-corrected chi connectivity index (χ0v) is 12.1. The minimum atomic E-state index is -4.70. The van der Waals surface area contributed by atoms with Gasteiger partial charge in [-0.25, -0.2) is 0 Å². The van der Waals surface area contributed by atoms with E-state index < -0.39 is 24.7 Å². The molecule has 23 heavy (non-hydrogen) atoms. The first-order valence-corrected chi connectivity index (χ1v) is 6.65. The molecule has 7 heteroatoms. The number of amides is 1. The molecule has 0 radical (unpaired) electrons. The van der Waals surface area contributed by atoms with Gasteiger partial charge in [-0.2, -0.15) is 13.2 Å². The molecule has 2 N–H and O–H groups in total. The summed E-state index contributed by atoms with van der Waals surface area (Å²) in [7, 11) is 0. The van der Waals surface area contributed by atoms with E-state index in [4.69, 9.17) is 10.5 Å². The normalized spacial score (nSPS) is 16.4. The average molecular weight is 324 g/mol. The molecule has 1 atom stereocenters. The maximum Gasteiger partial charge on any atom is 0.413 e. The second kappa shape index (κ2) is 6.20. The number of benzene rings is 1. The monoisotopic (exact) mass is 324 g/mol. The van der Waals surface area contributed by atoms with Crippen LogP contribution in [0.15, 0.2) is 55.2 Å². The van der Waals surface area contributed by atoms with Gasteiger partial charge >= 0.3 is 6.18 Å². The molecule has 0 bridgehead atoms. The van der Waals surface area contributed by atoms with E-state index in [-0.39, 0.29) is 17.0 Å². The zero-order valence-electron chi connectivity index (χ0n) is 12.1. The van der Waals surface area contributed by atoms with Crippen molar-refractivity contribution in [3.05, 3.63) is 55.2 Å². The Morgan fingerprint density at radius 1 is 1.39 bits per heavy atom. The highest BCUT2D eigenvalue weighted by Gasteiger charge is 2.49. The van der Waals surface area contributed by atoms with Gasteiger partial charge in [0, 0.05) is 11.8 Å². The lowest BCUT2D eigenvalue weighted by Gasteiger charge is -2.37. The number of hydrogen-bond acceptors (Lipinski definition) is 3. The summed E-state index contributed by atoms with van der Waals surface area (Å²) in [5.41, 5.74) is 5.76. The Bertz CT molecular complexity index is 680. The molecule has 4 nitrogen and oxygen atoms in total. The van der Waals surface area contributed by atoms with Gasteiger partial charge in [-0.1, -0.05) is 31.4 Å². The number of nitrogens with two attached hydrogens (primary N) is 1. The van der Waals surface area contributed by atoms with Crippen molar-refractivity contribution in [3.63, 3.8) is 0 Å². The third-order valence-corrected chi connectivity index (χ3v) is 3.29. The topological polar surface area (TPSA) is 55.6 Å². The second-order valence-corrected chi connectivity index (χ2v) is 4.83. The summed E-state index contributed by atoms with van der Waals surface area (Å²) in [6.45, 7) is 6.30. The summed E-state index contributed by atoms with van der Waals surface area (Å²) in [6, 6.07) is 1.94. The zero-order chi connectivity index (χ0) is 17.2. The summed E-state index contributed by atoms with van der Waals surface area (Å²) in [4.78, 5) is 12.8. The van der Waals surface area contributed by atoms with E-state index in [1.54, 1.807) is 0 Å². The lowest BCUT2D eigenvalue weighted by Crippen LogP contribution is -2.53. The summed E-state index contributed by atoms with van der Waals surface area (Å²) in [5, 5.41) is 0. The van der Waals surface area contributed by atoms with E-state index in [0.717, 1.165) is 6.08 Å². The first kappa shape index (κ1) is 16.7. The minimum absolute atomic E-state index is 0.00888. The van der Waals surface area contributed by atoms with E-state index in [1.807, 2.05) is 0 Å². The van der Waals surface area contributed by atoms with Gasteiger partial charge in [0.25, 0.3) is 5.91 Å². The van der Waals surface area contributed by atoms with Crippen molar-refractivity contribution >= 4 is 17.3 Å². The van der Waals surface area contributed by atoms with Crippen LogP contribution in [0.4, 0.5) is 24.5 Å². The first-order valence-electron chi connectivity index (χ1n) is 6.65. The number of nitrogen functional groups attached to an aromatic ring is 1. The first-order chi connectivity index (χ1) is 10.8. The Morgan fingerprint density at radius 3 is 2.65 bits per heavy atom. The van der Waals surface area contributed by atoms with Gasteiger partial charge in [-0.15, -0.1) is 0 Å². The molecule has 0 fully saturated rings. The number of allylic oxidation sites excluding steroid dienone is 2. The third kappa shape index (κ3) is 3.23. The second-order valence-electron chi connectivity index (χ2n) is 4.83. The number of carbonyl (C=O) groups excluding carboxylic acids is 1. The van der Waals surface area contributed by atoms with Gasteiger partial charge in [0.2, 0.25) is 0 Å². The largest absolute Gasteiger partial charge is 0.481 e. The average Bonchev–Trinajstić information content (AvgIpc) is 2.47. The Morgan fingerprint density at radius 2 is 2.09 bits per heavy atom. The van der Waals surface area contributed by atoms with Crippen molar-refractivity contribution in [2.45, 2.75) is 12.2 Å². The van der Waals surface area contributed by atoms with Gasteiger partial charge in [-0.05, 0) is 17.7 Å². The van der Waals surface area contributed by atoms with Gasteiger partial charge < -0.3 is 10.5 Å². The number of halogens is 3. The molecule has 2 rings (SSSR count). The van der Waals surface area contributed by atoms with Crippen molar-refractivity contribution in [1.82, 2.24) is 0 Å². The summed E-state index contributed by atoms with van der Waals surface area (Å²) < 4.78 is 46.1. The number of rotatable bonds is 4. The molecule has 1 aliphatic heterocycles. The quantitative estimate of drug-likeness (QED) is 0.683. The summed E-state index contributed by atoms with van der Waals surface area (Å²) in [6.07, 6.45) is -1.26. The Hall–Kier alpha value is -2.70. The number of anilines is 2. The number of ether oxygens (including phenoxy) is 1. The van der Waals surface area contributed by atoms with Crippen molar-refractivity contribution < 1.29 is 22.7 Å². The number of hydrogen-bond donors (Lipinski definition) is 1. The van der Waals surface area contributed by atoms with E-state index in [1.165, 1.54) is 30.4 Å². The fraction of sp³-hybridized carbons (Fsp3) is 0.188. The van der Waals surface area contributed by atoms with Crippen molar-refractivity contribution in [3.8, 4) is 5.75 Å². The molecule has 1 aromatic rings. The number of carbonyl (C=O) groups is 1. The van der Waals surface area contributed by atoms with Crippen LogP contribution in [0.5, 0.6) is 5.75 Å². The highest BCUT2D eigenvalue weighted by molar-refractivity contribution is 5.99. The van der Waals surface area contributed by atoms with E-state index >= 15 is 0 Å². The fourth-order valence-electron chi connectivity index (χ4n) is 2.36. The summed E-state index contributed by atoms with van der Waals surface area (Å²) >= 11 is 0. The molecule has 0 aliphatic carbocycles. The standard InChI is InChI=1S/C16H15F3N2O2/c1-3-5-10(4-2)15(16(17,18)19)21-12-7-6-11(20)8-13(12)23-9-14(21)22/h3-8,15H,1-2,9,20H2/b10-5+. The molecule has 1 aromatic carbocycles. The Labute approximate surface area is 131 Å². The predicted molar refractivity (Wildman–Crippen MR) is 82.2 cm³/mol. The molecule has 0 saturated heterocycles. The van der Waals surface area contributed by atoms with Gasteiger partial charge in [0.05, 0.1) is 5.69 Å². The van der Waals surface area contributed by atoms with Crippen molar-refractivity contribution in [2.24, 2.45) is 0 Å². The van der Waals surface area contributed by atoms with Crippen LogP contribution in [0.1, 0.15) is 0 Å². The fourth-order valence-corrected chi connectivity index (χ4v) is 2.36. The molecular formula is C16H15F3N2O2. The van der Waals surface area contributed by atoms with Gasteiger partial charge in [-0.3, -0.25) is 9.69 Å². The molecule has 0 aromatic heterocycles. The molecule has 1 unspecified atom stereocenters. The Kier molecular flexibility index (Phi) is 4.49. The molecule has 1 aliphatic rings.